The first-order valence-corrected chi connectivity index (χ1v) is 6.56. The number of rotatable bonds is 5. The Hall–Kier alpha value is -2.06. The van der Waals surface area contributed by atoms with Gasteiger partial charge in [-0.05, 0) is 19.9 Å². The van der Waals surface area contributed by atoms with Gasteiger partial charge in [-0.2, -0.15) is 4.98 Å². The minimum atomic E-state index is -0.747. The van der Waals surface area contributed by atoms with Gasteiger partial charge in [0.25, 0.3) is 11.7 Å². The van der Waals surface area contributed by atoms with Crippen molar-refractivity contribution in [3.63, 3.8) is 0 Å². The summed E-state index contributed by atoms with van der Waals surface area (Å²) in [6.07, 6.45) is -0.747. The molecule has 0 saturated carbocycles. The van der Waals surface area contributed by atoms with E-state index in [0.717, 1.165) is 11.4 Å². The minimum absolute atomic E-state index is 0.0586. The summed E-state index contributed by atoms with van der Waals surface area (Å²) in [6, 6.07) is 1.86. The van der Waals surface area contributed by atoms with E-state index in [0.29, 0.717) is 5.78 Å². The maximum atomic E-state index is 12.3. The van der Waals surface area contributed by atoms with E-state index < -0.39 is 6.10 Å². The lowest BCUT2D eigenvalue weighted by Crippen LogP contribution is -2.36. The van der Waals surface area contributed by atoms with Crippen LogP contribution in [0, 0.1) is 13.8 Å². The average molecular weight is 293 g/mol. The van der Waals surface area contributed by atoms with Crippen molar-refractivity contribution in [2.45, 2.75) is 20.0 Å². The minimum Gasteiger partial charge on any atom is -0.389 e. The average Bonchev–Trinajstić information content (AvgIpc) is 2.81. The molecule has 8 heteroatoms. The van der Waals surface area contributed by atoms with Crippen LogP contribution in [0.15, 0.2) is 6.07 Å². The van der Waals surface area contributed by atoms with E-state index in [1.165, 1.54) is 16.5 Å². The van der Waals surface area contributed by atoms with Crippen LogP contribution in [0.5, 0.6) is 0 Å². The number of hydrogen-bond acceptors (Lipinski definition) is 6. The van der Waals surface area contributed by atoms with Crippen molar-refractivity contribution >= 4 is 11.7 Å². The Labute approximate surface area is 122 Å². The number of carbonyl (C=O) groups excluding carboxylic acids is 1. The topological polar surface area (TPSA) is 92.9 Å². The van der Waals surface area contributed by atoms with Gasteiger partial charge in [0, 0.05) is 32.1 Å². The van der Waals surface area contributed by atoms with Gasteiger partial charge >= 0.3 is 0 Å². The van der Waals surface area contributed by atoms with Crippen LogP contribution in [-0.4, -0.2) is 68.9 Å². The van der Waals surface area contributed by atoms with Crippen molar-refractivity contribution in [2.24, 2.45) is 0 Å². The van der Waals surface area contributed by atoms with E-state index >= 15 is 0 Å². The maximum Gasteiger partial charge on any atom is 0.293 e. The van der Waals surface area contributed by atoms with E-state index in [-0.39, 0.29) is 24.9 Å². The molecular weight excluding hydrogens is 274 g/mol. The van der Waals surface area contributed by atoms with Gasteiger partial charge in [-0.25, -0.2) is 9.50 Å². The highest BCUT2D eigenvalue weighted by molar-refractivity contribution is 5.90. The number of likely N-dealkylation sites (N-methyl/N-ethyl adjacent to an activating group) is 1. The van der Waals surface area contributed by atoms with Crippen LogP contribution in [0.25, 0.3) is 5.78 Å². The van der Waals surface area contributed by atoms with Crippen molar-refractivity contribution in [1.82, 2.24) is 24.5 Å². The van der Waals surface area contributed by atoms with Gasteiger partial charge < -0.3 is 14.7 Å². The molecule has 114 valence electrons. The summed E-state index contributed by atoms with van der Waals surface area (Å²) in [4.78, 5) is 22.0. The van der Waals surface area contributed by atoms with Crippen LogP contribution < -0.4 is 0 Å². The fraction of sp³-hybridized carbons (Fsp3) is 0.538. The lowest BCUT2D eigenvalue weighted by Gasteiger charge is -2.18. The Bertz CT molecular complexity index is 655. The third-order valence-corrected chi connectivity index (χ3v) is 3.00. The van der Waals surface area contributed by atoms with E-state index in [9.17, 15) is 9.90 Å². The SMILES string of the molecule is COCC(O)CN(C)C(=O)c1nc2nc(C)cc(C)n2n1. The molecule has 0 aliphatic rings. The quantitative estimate of drug-likeness (QED) is 0.822. The van der Waals surface area contributed by atoms with Gasteiger partial charge in [0.05, 0.1) is 12.7 Å². The molecule has 2 heterocycles. The number of aliphatic hydroxyl groups excluding tert-OH is 1. The summed E-state index contributed by atoms with van der Waals surface area (Å²) >= 11 is 0. The fourth-order valence-corrected chi connectivity index (χ4v) is 2.07. The summed E-state index contributed by atoms with van der Waals surface area (Å²) < 4.78 is 6.36. The largest absolute Gasteiger partial charge is 0.389 e. The van der Waals surface area contributed by atoms with Crippen LogP contribution in [-0.2, 0) is 4.74 Å². The number of aromatic nitrogens is 4. The Morgan fingerprint density at radius 3 is 2.86 bits per heavy atom. The molecule has 1 amide bonds. The zero-order chi connectivity index (χ0) is 15.6. The molecule has 2 rings (SSSR count). The second kappa shape index (κ2) is 6.15. The lowest BCUT2D eigenvalue weighted by atomic mass is 10.3. The fourth-order valence-electron chi connectivity index (χ4n) is 2.07. The molecule has 2 aromatic heterocycles. The highest BCUT2D eigenvalue weighted by Gasteiger charge is 2.20. The van der Waals surface area contributed by atoms with Gasteiger partial charge in [-0.15, -0.1) is 5.10 Å². The molecule has 2 aromatic rings. The van der Waals surface area contributed by atoms with Crippen LogP contribution in [0.4, 0.5) is 0 Å². The van der Waals surface area contributed by atoms with Crippen molar-refractivity contribution in [2.75, 3.05) is 27.3 Å². The molecule has 0 spiro atoms. The number of aryl methyl sites for hydroxylation is 2. The predicted molar refractivity (Wildman–Crippen MR) is 75.1 cm³/mol. The Morgan fingerprint density at radius 2 is 2.19 bits per heavy atom. The number of hydrogen-bond donors (Lipinski definition) is 1. The third kappa shape index (κ3) is 3.34. The summed E-state index contributed by atoms with van der Waals surface area (Å²) in [5.41, 5.74) is 1.67. The third-order valence-electron chi connectivity index (χ3n) is 3.00. The Balaban J connectivity index is 2.21. The predicted octanol–water partition coefficient (Wildman–Crippen LogP) is -0.180. The molecular formula is C13H19N5O3. The van der Waals surface area contributed by atoms with Crippen molar-refractivity contribution < 1.29 is 14.6 Å². The van der Waals surface area contributed by atoms with Crippen LogP contribution in [0.2, 0.25) is 0 Å². The number of fused-ring (bicyclic) bond motifs is 1. The molecule has 0 saturated heterocycles. The van der Waals surface area contributed by atoms with E-state index in [2.05, 4.69) is 15.1 Å². The van der Waals surface area contributed by atoms with Crippen LogP contribution >= 0.6 is 0 Å². The lowest BCUT2D eigenvalue weighted by molar-refractivity contribution is 0.0375. The molecule has 0 aliphatic heterocycles. The van der Waals surface area contributed by atoms with Crippen LogP contribution in [0.1, 0.15) is 22.0 Å². The van der Waals surface area contributed by atoms with Gasteiger partial charge in [-0.1, -0.05) is 0 Å². The first-order chi connectivity index (χ1) is 9.92. The molecule has 1 N–H and O–H groups in total. The van der Waals surface area contributed by atoms with E-state index in [4.69, 9.17) is 4.74 Å². The molecule has 0 aliphatic carbocycles. The maximum absolute atomic E-state index is 12.3. The summed E-state index contributed by atoms with van der Waals surface area (Å²) in [7, 11) is 3.07. The van der Waals surface area contributed by atoms with Crippen LogP contribution in [0.3, 0.4) is 0 Å². The Morgan fingerprint density at radius 1 is 1.48 bits per heavy atom. The highest BCUT2D eigenvalue weighted by atomic mass is 16.5. The number of ether oxygens (including phenoxy) is 1. The molecule has 1 unspecified atom stereocenters. The molecule has 0 fully saturated rings. The van der Waals surface area contributed by atoms with E-state index in [1.54, 1.807) is 7.05 Å². The second-order valence-electron chi connectivity index (χ2n) is 4.98. The van der Waals surface area contributed by atoms with E-state index in [1.807, 2.05) is 19.9 Å². The molecule has 0 aromatic carbocycles. The van der Waals surface area contributed by atoms with Gasteiger partial charge in [0.1, 0.15) is 0 Å². The number of nitrogens with zero attached hydrogens (tertiary/aromatic N) is 5. The molecule has 21 heavy (non-hydrogen) atoms. The summed E-state index contributed by atoms with van der Waals surface area (Å²) in [6.45, 7) is 4.04. The monoisotopic (exact) mass is 293 g/mol. The number of methoxy groups -OCH3 is 1. The first kappa shape index (κ1) is 15.3. The smallest absolute Gasteiger partial charge is 0.293 e. The molecule has 0 bridgehead atoms. The van der Waals surface area contributed by atoms with Crippen molar-refractivity contribution in [3.8, 4) is 0 Å². The summed E-state index contributed by atoms with van der Waals surface area (Å²) in [5, 5.41) is 13.8. The van der Waals surface area contributed by atoms with Crippen molar-refractivity contribution in [3.05, 3.63) is 23.3 Å². The summed E-state index contributed by atoms with van der Waals surface area (Å²) in [5.74, 6) is 0.0812. The normalized spacial score (nSPS) is 12.6. The van der Waals surface area contributed by atoms with Crippen molar-refractivity contribution in [1.29, 1.82) is 0 Å². The zero-order valence-electron chi connectivity index (χ0n) is 12.6. The van der Waals surface area contributed by atoms with Gasteiger partial charge in [0.2, 0.25) is 5.82 Å². The molecule has 8 nitrogen and oxygen atoms in total. The standard InChI is InChI=1S/C13H19N5O3/c1-8-5-9(2)18-13(14-8)15-11(16-18)12(20)17(3)6-10(19)7-21-4/h5,10,19H,6-7H2,1-4H3. The van der Waals surface area contributed by atoms with Gasteiger partial charge in [-0.3, -0.25) is 4.79 Å². The first-order valence-electron chi connectivity index (χ1n) is 6.56. The number of amides is 1. The Kier molecular flexibility index (Phi) is 4.49. The number of carbonyl (C=O) groups is 1. The van der Waals surface area contributed by atoms with Gasteiger partial charge in [0.15, 0.2) is 0 Å². The second-order valence-corrected chi connectivity index (χ2v) is 4.98. The molecule has 0 radical (unpaired) electrons. The molecule has 1 atom stereocenters. The zero-order valence-corrected chi connectivity index (χ0v) is 12.6. The highest BCUT2D eigenvalue weighted by Crippen LogP contribution is 2.07. The number of aliphatic hydroxyl groups is 1.